The first kappa shape index (κ1) is 12.4. The summed E-state index contributed by atoms with van der Waals surface area (Å²) in [6.45, 7) is 4.34. The molecule has 0 aliphatic carbocycles. The zero-order chi connectivity index (χ0) is 12.1. The molecule has 2 heterocycles. The summed E-state index contributed by atoms with van der Waals surface area (Å²) in [7, 11) is 2.03. The summed E-state index contributed by atoms with van der Waals surface area (Å²) in [4.78, 5) is 7.05. The number of hydrogen-bond donors (Lipinski definition) is 1. The third kappa shape index (κ3) is 3.19. The molecule has 0 aromatic carbocycles. The Morgan fingerprint density at radius 2 is 2.29 bits per heavy atom. The highest BCUT2D eigenvalue weighted by Gasteiger charge is 2.22. The van der Waals surface area contributed by atoms with Crippen molar-refractivity contribution in [2.24, 2.45) is 0 Å². The van der Waals surface area contributed by atoms with E-state index in [0.717, 1.165) is 18.9 Å². The highest BCUT2D eigenvalue weighted by atomic mass is 15.2. The van der Waals surface area contributed by atoms with E-state index in [2.05, 4.69) is 34.3 Å². The second-order valence-corrected chi connectivity index (χ2v) is 4.93. The van der Waals surface area contributed by atoms with Crippen LogP contribution in [0.1, 0.15) is 31.2 Å². The van der Waals surface area contributed by atoms with Crippen LogP contribution < -0.4 is 10.2 Å². The van der Waals surface area contributed by atoms with Gasteiger partial charge in [0.25, 0.3) is 0 Å². The van der Waals surface area contributed by atoms with E-state index in [0.29, 0.717) is 6.04 Å². The van der Waals surface area contributed by atoms with Crippen LogP contribution in [0.5, 0.6) is 0 Å². The molecule has 0 spiro atoms. The smallest absolute Gasteiger partial charge is 0.128 e. The Kier molecular flexibility index (Phi) is 4.37. The molecule has 1 unspecified atom stereocenters. The number of nitrogens with zero attached hydrogens (tertiary/aromatic N) is 2. The molecule has 1 atom stereocenters. The molecule has 1 saturated heterocycles. The lowest BCUT2D eigenvalue weighted by Crippen LogP contribution is -2.41. The summed E-state index contributed by atoms with van der Waals surface area (Å²) in [5.74, 6) is 1.15. The van der Waals surface area contributed by atoms with E-state index in [1.54, 1.807) is 0 Å². The molecule has 3 nitrogen and oxygen atoms in total. The molecule has 1 N–H and O–H groups in total. The van der Waals surface area contributed by atoms with Crippen LogP contribution in [-0.4, -0.2) is 31.2 Å². The molecule has 1 aliphatic rings. The summed E-state index contributed by atoms with van der Waals surface area (Å²) in [5, 5.41) is 3.25. The van der Waals surface area contributed by atoms with Gasteiger partial charge >= 0.3 is 0 Å². The maximum Gasteiger partial charge on any atom is 0.128 e. The molecular formula is C14H23N3. The first-order valence-corrected chi connectivity index (χ1v) is 6.65. The van der Waals surface area contributed by atoms with Gasteiger partial charge in [0.05, 0.1) is 0 Å². The number of piperidine rings is 1. The molecule has 3 heteroatoms. The summed E-state index contributed by atoms with van der Waals surface area (Å²) in [6.07, 6.45) is 7.14. The van der Waals surface area contributed by atoms with Crippen LogP contribution in [0.15, 0.2) is 18.3 Å². The second-order valence-electron chi connectivity index (χ2n) is 4.93. The van der Waals surface area contributed by atoms with Crippen molar-refractivity contribution in [3.8, 4) is 0 Å². The average molecular weight is 233 g/mol. The van der Waals surface area contributed by atoms with Gasteiger partial charge < -0.3 is 10.2 Å². The lowest BCUT2D eigenvalue weighted by molar-refractivity contribution is 0.430. The van der Waals surface area contributed by atoms with E-state index in [4.69, 9.17) is 0 Å². The summed E-state index contributed by atoms with van der Waals surface area (Å²) >= 11 is 0. The molecule has 0 radical (unpaired) electrons. The van der Waals surface area contributed by atoms with Crippen molar-refractivity contribution in [3.63, 3.8) is 0 Å². The van der Waals surface area contributed by atoms with Gasteiger partial charge in [-0.25, -0.2) is 4.98 Å². The average Bonchev–Trinajstić information content (AvgIpc) is 2.38. The van der Waals surface area contributed by atoms with E-state index in [-0.39, 0.29) is 0 Å². The van der Waals surface area contributed by atoms with Gasteiger partial charge in [0.1, 0.15) is 5.82 Å². The fourth-order valence-corrected chi connectivity index (χ4v) is 2.54. The van der Waals surface area contributed by atoms with Crippen LogP contribution in [0.2, 0.25) is 0 Å². The zero-order valence-corrected chi connectivity index (χ0v) is 10.9. The maximum absolute atomic E-state index is 4.57. The highest BCUT2D eigenvalue weighted by Crippen LogP contribution is 2.24. The van der Waals surface area contributed by atoms with Gasteiger partial charge in [0.2, 0.25) is 0 Å². The van der Waals surface area contributed by atoms with Gasteiger partial charge in [-0.3, -0.25) is 0 Å². The van der Waals surface area contributed by atoms with Gasteiger partial charge in [-0.2, -0.15) is 0 Å². The highest BCUT2D eigenvalue weighted by molar-refractivity contribution is 5.41. The van der Waals surface area contributed by atoms with E-state index in [1.165, 1.54) is 31.2 Å². The van der Waals surface area contributed by atoms with Gasteiger partial charge in [0, 0.05) is 18.8 Å². The topological polar surface area (TPSA) is 28.2 Å². The molecule has 1 aliphatic heterocycles. The van der Waals surface area contributed by atoms with Crippen LogP contribution in [0.4, 0.5) is 5.82 Å². The number of pyridine rings is 1. The van der Waals surface area contributed by atoms with Crippen LogP contribution in [0.3, 0.4) is 0 Å². The van der Waals surface area contributed by atoms with Crippen LogP contribution in [0, 0.1) is 6.92 Å². The lowest BCUT2D eigenvalue weighted by atomic mass is 9.99. The van der Waals surface area contributed by atoms with Gasteiger partial charge in [-0.15, -0.1) is 0 Å². The molecule has 94 valence electrons. The number of anilines is 1. The van der Waals surface area contributed by atoms with Crippen molar-refractivity contribution < 1.29 is 0 Å². The molecule has 0 bridgehead atoms. The molecule has 1 fully saturated rings. The van der Waals surface area contributed by atoms with Crippen molar-refractivity contribution in [1.82, 2.24) is 10.3 Å². The Bertz CT molecular complexity index is 334. The van der Waals surface area contributed by atoms with E-state index in [1.807, 2.05) is 13.2 Å². The van der Waals surface area contributed by atoms with Crippen molar-refractivity contribution in [2.75, 3.05) is 25.0 Å². The number of nitrogens with one attached hydrogen (secondary N) is 1. The molecule has 0 amide bonds. The minimum absolute atomic E-state index is 0.659. The Labute approximate surface area is 104 Å². The first-order chi connectivity index (χ1) is 8.31. The predicted molar refractivity (Wildman–Crippen MR) is 72.5 cm³/mol. The van der Waals surface area contributed by atoms with E-state index < -0.39 is 0 Å². The van der Waals surface area contributed by atoms with Crippen molar-refractivity contribution in [2.45, 2.75) is 38.6 Å². The minimum atomic E-state index is 0.659. The van der Waals surface area contributed by atoms with Crippen molar-refractivity contribution in [3.05, 3.63) is 23.9 Å². The van der Waals surface area contributed by atoms with E-state index >= 15 is 0 Å². The van der Waals surface area contributed by atoms with Gasteiger partial charge in [-0.1, -0.05) is 6.07 Å². The number of aryl methyl sites for hydroxylation is 1. The quantitative estimate of drug-likeness (QED) is 0.865. The number of hydrogen-bond acceptors (Lipinski definition) is 3. The predicted octanol–water partition coefficient (Wildman–Crippen LogP) is 2.36. The number of aromatic nitrogens is 1. The van der Waals surface area contributed by atoms with Crippen LogP contribution in [-0.2, 0) is 0 Å². The van der Waals surface area contributed by atoms with Gasteiger partial charge in [-0.05, 0) is 57.8 Å². The van der Waals surface area contributed by atoms with Gasteiger partial charge in [0.15, 0.2) is 0 Å². The Morgan fingerprint density at radius 3 is 3.00 bits per heavy atom. The molecule has 2 rings (SSSR count). The normalized spacial score (nSPS) is 20.6. The van der Waals surface area contributed by atoms with Crippen molar-refractivity contribution in [1.29, 1.82) is 0 Å². The van der Waals surface area contributed by atoms with Crippen LogP contribution in [0.25, 0.3) is 0 Å². The molecule has 1 aromatic rings. The SMILES string of the molecule is CNCCC1CCCCN1c1ccc(C)cn1. The summed E-state index contributed by atoms with van der Waals surface area (Å²) in [6, 6.07) is 4.98. The third-order valence-electron chi connectivity index (χ3n) is 3.54. The lowest BCUT2D eigenvalue weighted by Gasteiger charge is -2.36. The molecule has 17 heavy (non-hydrogen) atoms. The zero-order valence-electron chi connectivity index (χ0n) is 10.9. The number of rotatable bonds is 4. The second kappa shape index (κ2) is 6.01. The Morgan fingerprint density at radius 1 is 1.41 bits per heavy atom. The largest absolute Gasteiger partial charge is 0.354 e. The van der Waals surface area contributed by atoms with E-state index in [9.17, 15) is 0 Å². The maximum atomic E-state index is 4.57. The Hall–Kier alpha value is -1.09. The van der Waals surface area contributed by atoms with Crippen LogP contribution >= 0.6 is 0 Å². The van der Waals surface area contributed by atoms with Crippen molar-refractivity contribution >= 4 is 5.82 Å². The third-order valence-corrected chi connectivity index (χ3v) is 3.54. The summed E-state index contributed by atoms with van der Waals surface area (Å²) < 4.78 is 0. The monoisotopic (exact) mass is 233 g/mol. The first-order valence-electron chi connectivity index (χ1n) is 6.65. The summed E-state index contributed by atoms with van der Waals surface area (Å²) in [5.41, 5.74) is 1.23. The minimum Gasteiger partial charge on any atom is -0.354 e. The molecule has 0 saturated carbocycles. The molecule has 1 aromatic heterocycles. The standard InChI is InChI=1S/C14H23N3/c1-12-6-7-14(16-11-12)17-10-4-3-5-13(17)8-9-15-2/h6-7,11,13,15H,3-5,8-10H2,1-2H3. The fourth-order valence-electron chi connectivity index (χ4n) is 2.54. The fraction of sp³-hybridized carbons (Fsp3) is 0.643. The Balaban J connectivity index is 2.07. The molecular weight excluding hydrogens is 210 g/mol.